The molecule has 4 heteroatoms. The smallest absolute Gasteiger partial charge is 0.255 e. The van der Waals surface area contributed by atoms with Gasteiger partial charge in [0.25, 0.3) is 5.91 Å². The first-order chi connectivity index (χ1) is 16.7. The molecule has 0 aliphatic heterocycles. The molecule has 4 aromatic rings. The van der Waals surface area contributed by atoms with Crippen molar-refractivity contribution in [3.05, 3.63) is 114 Å². The molecule has 0 bridgehead atoms. The number of hydrogen-bond donors (Lipinski definition) is 1. The van der Waals surface area contributed by atoms with Crippen LogP contribution < -0.4 is 14.8 Å². The Kier molecular flexibility index (Phi) is 7.61. The molecule has 0 aliphatic carbocycles. The van der Waals surface area contributed by atoms with Crippen LogP contribution in [0.2, 0.25) is 0 Å². The van der Waals surface area contributed by atoms with Crippen molar-refractivity contribution in [1.29, 1.82) is 0 Å². The maximum Gasteiger partial charge on any atom is 0.255 e. The Balaban J connectivity index is 1.49. The predicted molar refractivity (Wildman–Crippen MR) is 138 cm³/mol. The zero-order valence-corrected chi connectivity index (χ0v) is 19.6. The van der Waals surface area contributed by atoms with Gasteiger partial charge < -0.3 is 14.8 Å². The van der Waals surface area contributed by atoms with Crippen LogP contribution in [-0.2, 0) is 13.0 Å². The summed E-state index contributed by atoms with van der Waals surface area (Å²) in [4.78, 5) is 13.0. The number of aryl methyl sites for hydroxylation is 1. The average Bonchev–Trinajstić information content (AvgIpc) is 2.89. The van der Waals surface area contributed by atoms with Crippen molar-refractivity contribution in [3.63, 3.8) is 0 Å². The lowest BCUT2D eigenvalue weighted by Gasteiger charge is -2.14. The van der Waals surface area contributed by atoms with E-state index in [1.165, 1.54) is 0 Å². The van der Waals surface area contributed by atoms with Gasteiger partial charge in [-0.2, -0.15) is 0 Å². The van der Waals surface area contributed by atoms with Crippen LogP contribution >= 0.6 is 0 Å². The summed E-state index contributed by atoms with van der Waals surface area (Å²) in [6.45, 7) is 4.85. The molecule has 0 spiro atoms. The van der Waals surface area contributed by atoms with Crippen LogP contribution in [0.1, 0.15) is 35.3 Å². The molecule has 1 amide bonds. The third-order valence-electron chi connectivity index (χ3n) is 5.62. The molecule has 34 heavy (non-hydrogen) atoms. The number of benzene rings is 4. The largest absolute Gasteiger partial charge is 0.493 e. The third kappa shape index (κ3) is 5.65. The highest BCUT2D eigenvalue weighted by molar-refractivity contribution is 6.04. The first-order valence-electron chi connectivity index (χ1n) is 11.6. The molecule has 0 aromatic heterocycles. The van der Waals surface area contributed by atoms with E-state index < -0.39 is 0 Å². The van der Waals surface area contributed by atoms with Crippen LogP contribution in [0.5, 0.6) is 11.5 Å². The first kappa shape index (κ1) is 23.1. The fourth-order valence-electron chi connectivity index (χ4n) is 3.81. The monoisotopic (exact) mass is 451 g/mol. The molecule has 1 N–H and O–H groups in total. The Morgan fingerprint density at radius 3 is 2.18 bits per heavy atom. The molecule has 0 atom stereocenters. The number of ether oxygens (including phenoxy) is 2. The SMILES string of the molecule is CCOc1ccc(C(=O)Nc2ccccc2CC)cc1COc1ccc(-c2ccccc2)cc1. The molecule has 0 aliphatic rings. The molecule has 4 aromatic carbocycles. The lowest BCUT2D eigenvalue weighted by molar-refractivity contribution is 0.102. The fourth-order valence-corrected chi connectivity index (χ4v) is 3.81. The first-order valence-corrected chi connectivity index (χ1v) is 11.6. The summed E-state index contributed by atoms with van der Waals surface area (Å²) in [5, 5.41) is 3.03. The van der Waals surface area contributed by atoms with Gasteiger partial charge in [0.2, 0.25) is 0 Å². The van der Waals surface area contributed by atoms with Gasteiger partial charge in [-0.3, -0.25) is 4.79 Å². The fraction of sp³-hybridized carbons (Fsp3) is 0.167. The van der Waals surface area contributed by atoms with Gasteiger partial charge in [0.1, 0.15) is 18.1 Å². The summed E-state index contributed by atoms with van der Waals surface area (Å²) >= 11 is 0. The van der Waals surface area contributed by atoms with E-state index in [-0.39, 0.29) is 5.91 Å². The Morgan fingerprint density at radius 2 is 1.44 bits per heavy atom. The number of rotatable bonds is 9. The molecule has 0 saturated heterocycles. The van der Waals surface area contributed by atoms with Crippen molar-refractivity contribution >= 4 is 11.6 Å². The summed E-state index contributed by atoms with van der Waals surface area (Å²) in [6, 6.07) is 31.5. The summed E-state index contributed by atoms with van der Waals surface area (Å²) in [5.41, 5.74) is 5.62. The summed E-state index contributed by atoms with van der Waals surface area (Å²) < 4.78 is 11.8. The molecule has 4 nitrogen and oxygen atoms in total. The van der Waals surface area contributed by atoms with Crippen LogP contribution in [0.25, 0.3) is 11.1 Å². The molecule has 0 fully saturated rings. The van der Waals surface area contributed by atoms with Crippen LogP contribution in [0.15, 0.2) is 97.1 Å². The van der Waals surface area contributed by atoms with Gasteiger partial charge in [-0.05, 0) is 66.4 Å². The molecule has 0 saturated carbocycles. The predicted octanol–water partition coefficient (Wildman–Crippen LogP) is 7.15. The summed E-state index contributed by atoms with van der Waals surface area (Å²) in [7, 11) is 0. The zero-order chi connectivity index (χ0) is 23.8. The molecule has 0 heterocycles. The van der Waals surface area contributed by atoms with Crippen LogP contribution in [0.4, 0.5) is 5.69 Å². The van der Waals surface area contributed by atoms with Gasteiger partial charge in [-0.15, -0.1) is 0 Å². The minimum absolute atomic E-state index is 0.155. The Morgan fingerprint density at radius 1 is 0.735 bits per heavy atom. The minimum atomic E-state index is -0.155. The number of carbonyl (C=O) groups is 1. The highest BCUT2D eigenvalue weighted by Crippen LogP contribution is 2.26. The second kappa shape index (κ2) is 11.2. The molecule has 4 rings (SSSR count). The van der Waals surface area contributed by atoms with Crippen LogP contribution in [0, 0.1) is 0 Å². The standard InChI is InChI=1S/C30H29NO3/c1-3-22-10-8-9-13-28(22)31-30(32)25-16-19-29(33-4-2)26(20-25)21-34-27-17-14-24(15-18-27)23-11-6-5-7-12-23/h5-20H,3-4,21H2,1-2H3,(H,31,32). The maximum atomic E-state index is 13.0. The van der Waals surface area contributed by atoms with Crippen molar-refractivity contribution in [2.24, 2.45) is 0 Å². The summed E-state index contributed by atoms with van der Waals surface area (Å²) in [5.74, 6) is 1.32. The highest BCUT2D eigenvalue weighted by Gasteiger charge is 2.13. The number of hydrogen-bond acceptors (Lipinski definition) is 3. The average molecular weight is 452 g/mol. The minimum Gasteiger partial charge on any atom is -0.493 e. The molecular weight excluding hydrogens is 422 g/mol. The van der Waals surface area contributed by atoms with Gasteiger partial charge in [0, 0.05) is 16.8 Å². The van der Waals surface area contributed by atoms with Gasteiger partial charge in [-0.25, -0.2) is 0 Å². The van der Waals surface area contributed by atoms with Gasteiger partial charge in [-0.1, -0.05) is 67.6 Å². The van der Waals surface area contributed by atoms with Crippen molar-refractivity contribution < 1.29 is 14.3 Å². The van der Waals surface area contributed by atoms with Crippen molar-refractivity contribution in [1.82, 2.24) is 0 Å². The molecular formula is C30H29NO3. The number of nitrogens with one attached hydrogen (secondary N) is 1. The van der Waals surface area contributed by atoms with E-state index in [1.54, 1.807) is 6.07 Å². The van der Waals surface area contributed by atoms with Crippen LogP contribution in [0.3, 0.4) is 0 Å². The number of amides is 1. The third-order valence-corrected chi connectivity index (χ3v) is 5.62. The lowest BCUT2D eigenvalue weighted by atomic mass is 10.1. The van der Waals surface area contributed by atoms with E-state index in [0.717, 1.165) is 40.1 Å². The topological polar surface area (TPSA) is 47.6 Å². The quantitative estimate of drug-likeness (QED) is 0.294. The van der Waals surface area contributed by atoms with Gasteiger partial charge >= 0.3 is 0 Å². The summed E-state index contributed by atoms with van der Waals surface area (Å²) in [6.07, 6.45) is 0.849. The van der Waals surface area contributed by atoms with E-state index in [4.69, 9.17) is 9.47 Å². The molecule has 0 radical (unpaired) electrons. The van der Waals surface area contributed by atoms with Gasteiger partial charge in [0.05, 0.1) is 6.61 Å². The van der Waals surface area contributed by atoms with E-state index >= 15 is 0 Å². The van der Waals surface area contributed by atoms with Crippen molar-refractivity contribution in [2.45, 2.75) is 26.9 Å². The molecule has 0 unspecified atom stereocenters. The Labute approximate surface area is 201 Å². The Bertz CT molecular complexity index is 1230. The molecule has 172 valence electrons. The van der Waals surface area contributed by atoms with Crippen molar-refractivity contribution in [2.75, 3.05) is 11.9 Å². The number of anilines is 1. The Hall–Kier alpha value is -4.05. The normalized spacial score (nSPS) is 10.5. The van der Waals surface area contributed by atoms with Gasteiger partial charge in [0.15, 0.2) is 0 Å². The highest BCUT2D eigenvalue weighted by atomic mass is 16.5. The zero-order valence-electron chi connectivity index (χ0n) is 19.6. The van der Waals surface area contributed by atoms with E-state index in [1.807, 2.05) is 85.8 Å². The van der Waals surface area contributed by atoms with Crippen molar-refractivity contribution in [3.8, 4) is 22.6 Å². The van der Waals surface area contributed by atoms with E-state index in [2.05, 4.69) is 24.4 Å². The van der Waals surface area contributed by atoms with E-state index in [0.29, 0.717) is 24.5 Å². The number of carbonyl (C=O) groups excluding carboxylic acids is 1. The lowest BCUT2D eigenvalue weighted by Crippen LogP contribution is -2.14. The number of para-hydroxylation sites is 1. The second-order valence-electron chi connectivity index (χ2n) is 7.90. The van der Waals surface area contributed by atoms with E-state index in [9.17, 15) is 4.79 Å². The maximum absolute atomic E-state index is 13.0. The van der Waals surface area contributed by atoms with Crippen LogP contribution in [-0.4, -0.2) is 12.5 Å². The second-order valence-corrected chi connectivity index (χ2v) is 7.90.